The second kappa shape index (κ2) is 18.3. The van der Waals surface area contributed by atoms with E-state index in [1.54, 1.807) is 0 Å². The molecule has 3 heterocycles. The molecule has 10 rings (SSSR count). The molecule has 0 unspecified atom stereocenters. The first-order valence-corrected chi connectivity index (χ1v) is 26.2. The third kappa shape index (κ3) is 9.72. The molecule has 2 aromatic heterocycles. The Hall–Kier alpha value is -7.33. The van der Waals surface area contributed by atoms with Crippen molar-refractivity contribution < 1.29 is 4.74 Å². The van der Waals surface area contributed by atoms with Crippen molar-refractivity contribution in [3.05, 3.63) is 192 Å². The highest BCUT2D eigenvalue weighted by Gasteiger charge is 2.41. The first-order valence-electron chi connectivity index (χ1n) is 26.2. The van der Waals surface area contributed by atoms with E-state index in [2.05, 4.69) is 275 Å². The minimum absolute atomic E-state index is 0.00136. The van der Waals surface area contributed by atoms with E-state index in [4.69, 9.17) is 9.72 Å². The van der Waals surface area contributed by atoms with Gasteiger partial charge in [0.1, 0.15) is 17.3 Å². The Balaban J connectivity index is 1.08. The molecule has 0 spiro atoms. The van der Waals surface area contributed by atoms with E-state index in [1.807, 2.05) is 6.07 Å². The van der Waals surface area contributed by atoms with Crippen molar-refractivity contribution in [3.63, 3.8) is 0 Å². The standard InChI is InChI=1S/C68H72N4O/c1-44(2)34-47-36-63(69-42-59(47)45-28-30-48(31-29-45)65(3,4)5)72-60-26-16-15-24-57(60)58-33-32-55(41-62(58)72)73-54-23-18-22-52(40-54)70-43-71(53-38-50(67(9,10)11)37-51(39-53)68(12,13)14)64-56(25-19-27-61(64)70)46-20-17-21-49(35-46)66(6,7)8/h15-33,35-42,44H,34H2,1-14H3/q+2. The lowest BCUT2D eigenvalue weighted by atomic mass is 9.80. The quantitative estimate of drug-likeness (QED) is 0.135. The fraction of sp³-hybridized carbons (Fsp3) is 0.294. The number of rotatable bonds is 9. The van der Waals surface area contributed by atoms with Crippen LogP contribution in [-0.4, -0.2) is 15.6 Å². The lowest BCUT2D eigenvalue weighted by Crippen LogP contribution is -2.17. The Labute approximate surface area is 434 Å². The zero-order valence-corrected chi connectivity index (χ0v) is 45.6. The third-order valence-corrected chi connectivity index (χ3v) is 14.5. The van der Waals surface area contributed by atoms with E-state index >= 15 is 0 Å². The molecular formula is C68H72N4O+2. The highest BCUT2D eigenvalue weighted by Crippen LogP contribution is 2.46. The molecule has 1 aliphatic rings. The van der Waals surface area contributed by atoms with Crippen molar-refractivity contribution in [3.8, 4) is 39.6 Å². The molecule has 9 aromatic rings. The van der Waals surface area contributed by atoms with Crippen molar-refractivity contribution in [1.82, 2.24) is 18.7 Å². The number of pyridine rings is 1. The molecule has 368 valence electrons. The number of para-hydroxylation sites is 2. The van der Waals surface area contributed by atoms with Crippen molar-refractivity contribution >= 4 is 50.6 Å². The van der Waals surface area contributed by atoms with Gasteiger partial charge in [-0.2, -0.15) is 0 Å². The number of fused-ring (bicyclic) bond motifs is 4. The summed E-state index contributed by atoms with van der Waals surface area (Å²) < 4.78 is 13.7. The maximum absolute atomic E-state index is 6.90. The molecule has 5 heteroatoms. The summed E-state index contributed by atoms with van der Waals surface area (Å²) in [7, 11) is 0. The molecular weight excluding hydrogens is 889 g/mol. The second-order valence-corrected chi connectivity index (χ2v) is 24.8. The molecule has 73 heavy (non-hydrogen) atoms. The van der Waals surface area contributed by atoms with Crippen LogP contribution in [0.4, 0.5) is 22.7 Å². The average Bonchev–Trinajstić information content (AvgIpc) is 3.89. The van der Waals surface area contributed by atoms with E-state index in [0.29, 0.717) is 5.92 Å². The Morgan fingerprint density at radius 2 is 1.14 bits per heavy atom. The summed E-state index contributed by atoms with van der Waals surface area (Å²) in [6.07, 6.45) is 3.02. The van der Waals surface area contributed by atoms with Gasteiger partial charge in [0, 0.05) is 52.9 Å². The van der Waals surface area contributed by atoms with Crippen molar-refractivity contribution in [2.24, 2.45) is 5.92 Å². The molecule has 0 saturated heterocycles. The SMILES string of the molecule is CC(C)Cc1cc(-n2c3ccccc3c3ccc(Oc4cccc([N+]5=C=[N+](c6cc(C(C)(C)C)cc(C(C)(C)C)c6)c6c(-c7cccc(C(C)(C)C)c7)cccc65)c4)cc32)ncc1-c1ccc(C(C)(C)C)cc1. The van der Waals surface area contributed by atoms with Gasteiger partial charge in [-0.15, -0.1) is 0 Å². The van der Waals surface area contributed by atoms with E-state index in [-0.39, 0.29) is 21.7 Å². The smallest absolute Gasteiger partial charge is 0.457 e. The van der Waals surface area contributed by atoms with Gasteiger partial charge in [-0.1, -0.05) is 182 Å². The summed E-state index contributed by atoms with van der Waals surface area (Å²) in [6.45, 7) is 32.0. The maximum atomic E-state index is 6.90. The molecule has 7 aromatic carbocycles. The van der Waals surface area contributed by atoms with Crippen molar-refractivity contribution in [2.75, 3.05) is 0 Å². The Morgan fingerprint density at radius 1 is 0.493 bits per heavy atom. The summed E-state index contributed by atoms with van der Waals surface area (Å²) in [5.41, 5.74) is 17.5. The van der Waals surface area contributed by atoms with Crippen LogP contribution in [0.3, 0.4) is 0 Å². The normalized spacial score (nSPS) is 13.2. The number of aromatic nitrogens is 2. The van der Waals surface area contributed by atoms with Gasteiger partial charge >= 0.3 is 11.7 Å². The number of hydrogen-bond donors (Lipinski definition) is 0. The molecule has 0 bridgehead atoms. The molecule has 0 amide bonds. The van der Waals surface area contributed by atoms with E-state index in [1.165, 1.54) is 49.9 Å². The molecule has 0 N–H and O–H groups in total. The first kappa shape index (κ1) is 49.3. The monoisotopic (exact) mass is 961 g/mol. The summed E-state index contributed by atoms with van der Waals surface area (Å²) >= 11 is 0. The van der Waals surface area contributed by atoms with Crippen LogP contribution in [0.5, 0.6) is 11.5 Å². The van der Waals surface area contributed by atoms with Gasteiger partial charge in [0.05, 0.1) is 22.7 Å². The van der Waals surface area contributed by atoms with Crippen LogP contribution in [0.1, 0.15) is 125 Å². The lowest BCUT2D eigenvalue weighted by molar-refractivity contribution is 0.483. The Kier molecular flexibility index (Phi) is 12.4. The van der Waals surface area contributed by atoms with E-state index in [9.17, 15) is 0 Å². The van der Waals surface area contributed by atoms with Gasteiger partial charge in [0.2, 0.25) is 11.4 Å². The molecule has 0 saturated carbocycles. The van der Waals surface area contributed by atoms with Crippen LogP contribution in [0, 0.1) is 5.92 Å². The van der Waals surface area contributed by atoms with Gasteiger partial charge in [0.15, 0.2) is 0 Å². The van der Waals surface area contributed by atoms with Crippen LogP contribution in [-0.2, 0) is 28.1 Å². The number of benzene rings is 7. The number of hydrogen-bond acceptors (Lipinski definition) is 2. The molecule has 0 radical (unpaired) electrons. The first-order chi connectivity index (χ1) is 34.5. The van der Waals surface area contributed by atoms with Crippen LogP contribution in [0.15, 0.2) is 164 Å². The number of nitrogens with zero attached hydrogens (tertiary/aromatic N) is 4. The molecule has 5 nitrogen and oxygen atoms in total. The van der Waals surface area contributed by atoms with Gasteiger partial charge in [-0.05, 0) is 118 Å². The van der Waals surface area contributed by atoms with E-state index < -0.39 is 0 Å². The minimum Gasteiger partial charge on any atom is -0.457 e. The predicted octanol–water partition coefficient (Wildman–Crippen LogP) is 18.6. The van der Waals surface area contributed by atoms with Crippen molar-refractivity contribution in [2.45, 2.75) is 125 Å². The fourth-order valence-corrected chi connectivity index (χ4v) is 10.2. The van der Waals surface area contributed by atoms with Crippen LogP contribution in [0.2, 0.25) is 0 Å². The Morgan fingerprint density at radius 3 is 1.82 bits per heavy atom. The Bertz CT molecular complexity index is 3630. The zero-order chi connectivity index (χ0) is 51.8. The molecule has 1 aliphatic heterocycles. The lowest BCUT2D eigenvalue weighted by Gasteiger charge is -2.24. The minimum atomic E-state index is -0.0565. The third-order valence-electron chi connectivity index (χ3n) is 14.5. The van der Waals surface area contributed by atoms with Crippen LogP contribution < -0.4 is 13.9 Å². The summed E-state index contributed by atoms with van der Waals surface area (Å²) in [6, 6.07) is 61.5. The summed E-state index contributed by atoms with van der Waals surface area (Å²) in [5.74, 6) is 2.85. The van der Waals surface area contributed by atoms with Gasteiger partial charge in [0.25, 0.3) is 5.69 Å². The van der Waals surface area contributed by atoms with Gasteiger partial charge in [-0.3, -0.25) is 4.57 Å². The van der Waals surface area contributed by atoms with Crippen LogP contribution in [0.25, 0.3) is 49.9 Å². The van der Waals surface area contributed by atoms with Gasteiger partial charge < -0.3 is 4.74 Å². The largest absolute Gasteiger partial charge is 0.503 e. The second-order valence-electron chi connectivity index (χ2n) is 24.8. The highest BCUT2D eigenvalue weighted by atomic mass is 16.5. The van der Waals surface area contributed by atoms with E-state index in [0.717, 1.165) is 68.5 Å². The summed E-state index contributed by atoms with van der Waals surface area (Å²) in [4.78, 5) is 5.23. The fourth-order valence-electron chi connectivity index (χ4n) is 10.2. The molecule has 0 atom stereocenters. The molecule has 0 fully saturated rings. The number of ether oxygens (including phenoxy) is 1. The maximum Gasteiger partial charge on any atom is 0.503 e. The average molecular weight is 961 g/mol. The summed E-state index contributed by atoms with van der Waals surface area (Å²) in [5, 5.41) is 2.33. The van der Waals surface area contributed by atoms with Crippen LogP contribution >= 0.6 is 0 Å². The van der Waals surface area contributed by atoms with Gasteiger partial charge in [-0.25, -0.2) is 4.98 Å². The topological polar surface area (TPSA) is 33.1 Å². The predicted molar refractivity (Wildman–Crippen MR) is 310 cm³/mol. The zero-order valence-electron chi connectivity index (χ0n) is 45.6. The van der Waals surface area contributed by atoms with Crippen molar-refractivity contribution in [1.29, 1.82) is 0 Å². The highest BCUT2D eigenvalue weighted by molar-refractivity contribution is 6.09. The molecule has 0 aliphatic carbocycles.